The van der Waals surface area contributed by atoms with Crippen LogP contribution >= 0.6 is 0 Å². The Morgan fingerprint density at radius 1 is 0.368 bits per heavy atom. The molecule has 17 unspecified atom stereocenters. The van der Waals surface area contributed by atoms with Gasteiger partial charge < -0.3 is 89.9 Å². The quantitative estimate of drug-likeness (QED) is 0.0199. The number of hydrogen-bond acceptors (Lipinski definition) is 18. The lowest BCUT2D eigenvalue weighted by Crippen LogP contribution is -2.66. The maximum atomic E-state index is 13.4. The van der Waals surface area contributed by atoms with Gasteiger partial charge in [-0.1, -0.05) is 268 Å². The highest BCUT2D eigenvalue weighted by atomic mass is 16.8. The molecule has 0 bridgehead atoms. The molecule has 0 aliphatic carbocycles. The number of allylic oxidation sites excluding steroid dienone is 7. The van der Waals surface area contributed by atoms with E-state index in [1.807, 2.05) is 6.08 Å². The van der Waals surface area contributed by atoms with Crippen LogP contribution in [-0.4, -0.2) is 193 Å². The van der Waals surface area contributed by atoms with Gasteiger partial charge in [-0.2, -0.15) is 0 Å². The average Bonchev–Trinajstić information content (AvgIpc) is 0.787. The summed E-state index contributed by atoms with van der Waals surface area (Å²) in [6, 6.07) is -0.996. The number of aliphatic hydroxyl groups excluding tert-OH is 11. The third-order valence-corrected chi connectivity index (χ3v) is 19.1. The molecule has 3 saturated heterocycles. The van der Waals surface area contributed by atoms with Crippen LogP contribution in [0.1, 0.15) is 296 Å². The van der Waals surface area contributed by atoms with Gasteiger partial charge in [-0.25, -0.2) is 0 Å². The largest absolute Gasteiger partial charge is 0.394 e. The third-order valence-electron chi connectivity index (χ3n) is 19.1. The molecule has 3 aliphatic rings. The van der Waals surface area contributed by atoms with Gasteiger partial charge in [0.15, 0.2) is 18.9 Å². The Labute approximate surface area is 573 Å². The Hall–Kier alpha value is -2.25. The van der Waals surface area contributed by atoms with Gasteiger partial charge in [-0.05, 0) is 70.6 Å². The summed E-state index contributed by atoms with van der Waals surface area (Å²) in [5, 5.41) is 121. The summed E-state index contributed by atoms with van der Waals surface area (Å²) in [6.07, 6.45) is 44.1. The number of ether oxygens (including phenoxy) is 6. The SMILES string of the molecule is CCCCCCC/C=C/CC/C=C/CC/C=C/C(O)C(COC1OC(CO)C(OC2OC(CO)C(OC3OC(CO)C(O)C(O)C3O)C(O)C2O)C(O)C1O)NC(=O)CCCCCCCCCCCCCCCCCCCCCCCCC/C=C\CCCCCCCCCC. The van der Waals surface area contributed by atoms with E-state index in [1.165, 1.54) is 218 Å². The molecule has 3 rings (SSSR count). The fourth-order valence-corrected chi connectivity index (χ4v) is 12.9. The maximum Gasteiger partial charge on any atom is 0.220 e. The van der Waals surface area contributed by atoms with E-state index in [4.69, 9.17) is 28.4 Å². The molecule has 1 amide bonds. The van der Waals surface area contributed by atoms with Gasteiger partial charge in [0.2, 0.25) is 5.91 Å². The number of nitrogens with one attached hydrogen (secondary N) is 1. The van der Waals surface area contributed by atoms with E-state index in [0.29, 0.717) is 12.8 Å². The second-order valence-corrected chi connectivity index (χ2v) is 27.4. The van der Waals surface area contributed by atoms with Crippen molar-refractivity contribution in [2.75, 3.05) is 26.4 Å². The van der Waals surface area contributed by atoms with E-state index in [2.05, 4.69) is 55.6 Å². The number of unbranched alkanes of at least 4 members (excludes halogenated alkanes) is 38. The number of aliphatic hydroxyl groups is 11. The Kier molecular flexibility index (Phi) is 52.5. The lowest BCUT2D eigenvalue weighted by molar-refractivity contribution is -0.379. The highest BCUT2D eigenvalue weighted by molar-refractivity contribution is 5.76. The minimum Gasteiger partial charge on any atom is -0.394 e. The zero-order valence-electron chi connectivity index (χ0n) is 59.2. The molecule has 12 N–H and O–H groups in total. The fourth-order valence-electron chi connectivity index (χ4n) is 12.9. The molecule has 3 fully saturated rings. The monoisotopic (exact) mass is 1350 g/mol. The Balaban J connectivity index is 1.33. The van der Waals surface area contributed by atoms with E-state index in [1.54, 1.807) is 6.08 Å². The molecule has 17 atom stereocenters. The van der Waals surface area contributed by atoms with Crippen molar-refractivity contribution in [3.8, 4) is 0 Å². The topological polar surface area (TPSA) is 307 Å². The van der Waals surface area contributed by atoms with Crippen molar-refractivity contribution in [3.63, 3.8) is 0 Å². The normalized spacial score (nSPS) is 27.4. The molecule has 19 nitrogen and oxygen atoms in total. The van der Waals surface area contributed by atoms with Gasteiger partial charge in [-0.3, -0.25) is 4.79 Å². The van der Waals surface area contributed by atoms with E-state index >= 15 is 0 Å². The van der Waals surface area contributed by atoms with E-state index in [9.17, 15) is 61.0 Å². The smallest absolute Gasteiger partial charge is 0.220 e. The standard InChI is InChI=1S/C76H139NO18/c1-3-5-7-9-11-13-15-17-19-20-21-22-23-24-25-26-27-28-29-30-31-32-33-34-35-36-37-38-40-42-44-46-48-50-52-54-64(82)77-59(60(81)53-51-49-47-45-43-41-39-18-16-14-12-10-8-6-4-2)58-90-74-70(88)67(85)72(62(56-79)92-74)95-76-71(89)68(86)73(63(57-80)93-76)94-75-69(87)66(84)65(83)61(55-78)91-75/h16,18,20-21,43,45,51,53,59-63,65-76,78-81,83-89H,3-15,17,19,22-42,44,46-50,52,54-58H2,1-2H3,(H,77,82)/b18-16+,21-20-,45-43+,53-51+. The lowest BCUT2D eigenvalue weighted by Gasteiger charge is -2.48. The van der Waals surface area contributed by atoms with Gasteiger partial charge in [0, 0.05) is 6.42 Å². The van der Waals surface area contributed by atoms with Crippen LogP contribution < -0.4 is 5.32 Å². The fraction of sp³-hybridized carbons (Fsp3) is 0.882. The van der Waals surface area contributed by atoms with Crippen molar-refractivity contribution in [2.45, 2.75) is 401 Å². The second kappa shape index (κ2) is 57.4. The van der Waals surface area contributed by atoms with E-state index < -0.39 is 124 Å². The first-order chi connectivity index (χ1) is 46.3. The van der Waals surface area contributed by atoms with Crippen LogP contribution in [0.2, 0.25) is 0 Å². The van der Waals surface area contributed by atoms with Crippen LogP contribution in [0.3, 0.4) is 0 Å². The van der Waals surface area contributed by atoms with Crippen LogP contribution in [-0.2, 0) is 33.2 Å². The summed E-state index contributed by atoms with van der Waals surface area (Å²) in [4.78, 5) is 13.4. The highest BCUT2D eigenvalue weighted by Crippen LogP contribution is 2.33. The minimum absolute atomic E-state index is 0.235. The molecular formula is C76H139NO18. The number of carbonyl (C=O) groups is 1. The van der Waals surface area contributed by atoms with Crippen molar-refractivity contribution in [3.05, 3.63) is 48.6 Å². The number of carbonyl (C=O) groups excluding carboxylic acids is 1. The van der Waals surface area contributed by atoms with Crippen molar-refractivity contribution >= 4 is 5.91 Å². The number of hydrogen-bond donors (Lipinski definition) is 12. The average molecular weight is 1350 g/mol. The predicted octanol–water partition coefficient (Wildman–Crippen LogP) is 11.7. The van der Waals surface area contributed by atoms with Crippen molar-refractivity contribution in [1.29, 1.82) is 0 Å². The molecule has 0 aromatic rings. The summed E-state index contributed by atoms with van der Waals surface area (Å²) < 4.78 is 34.3. The lowest BCUT2D eigenvalue weighted by atomic mass is 9.96. The number of rotatable bonds is 60. The Bertz CT molecular complexity index is 1910. The number of amides is 1. The highest BCUT2D eigenvalue weighted by Gasteiger charge is 2.53. The van der Waals surface area contributed by atoms with Crippen LogP contribution in [0.4, 0.5) is 0 Å². The first-order valence-corrected chi connectivity index (χ1v) is 38.4. The molecule has 556 valence electrons. The zero-order valence-corrected chi connectivity index (χ0v) is 59.2. The van der Waals surface area contributed by atoms with E-state index in [-0.39, 0.29) is 18.9 Å². The summed E-state index contributed by atoms with van der Waals surface area (Å²) in [5.74, 6) is -0.286. The minimum atomic E-state index is -1.98. The van der Waals surface area contributed by atoms with Gasteiger partial charge in [0.05, 0.1) is 38.6 Å². The first-order valence-electron chi connectivity index (χ1n) is 38.4. The van der Waals surface area contributed by atoms with Crippen molar-refractivity contribution < 1.29 is 89.4 Å². The van der Waals surface area contributed by atoms with Gasteiger partial charge in [0.1, 0.15) is 73.2 Å². The molecule has 0 radical (unpaired) electrons. The summed E-state index contributed by atoms with van der Waals surface area (Å²) >= 11 is 0. The van der Waals surface area contributed by atoms with E-state index in [0.717, 1.165) is 44.9 Å². The van der Waals surface area contributed by atoms with Crippen LogP contribution in [0, 0.1) is 0 Å². The molecule has 0 spiro atoms. The van der Waals surface area contributed by atoms with Gasteiger partial charge in [-0.15, -0.1) is 0 Å². The third kappa shape index (κ3) is 38.4. The summed E-state index contributed by atoms with van der Waals surface area (Å²) in [7, 11) is 0. The second-order valence-electron chi connectivity index (χ2n) is 27.4. The molecule has 3 heterocycles. The van der Waals surface area contributed by atoms with Gasteiger partial charge in [0.25, 0.3) is 0 Å². The maximum absolute atomic E-state index is 13.4. The zero-order chi connectivity index (χ0) is 68.9. The molecule has 3 aliphatic heterocycles. The molecule has 0 aromatic carbocycles. The summed E-state index contributed by atoms with van der Waals surface area (Å²) in [6.45, 7) is 1.71. The Morgan fingerprint density at radius 2 is 0.674 bits per heavy atom. The predicted molar refractivity (Wildman–Crippen MR) is 374 cm³/mol. The van der Waals surface area contributed by atoms with Crippen molar-refractivity contribution in [2.24, 2.45) is 0 Å². The first kappa shape index (κ1) is 87.0. The molecule has 0 aromatic heterocycles. The van der Waals surface area contributed by atoms with Crippen LogP contribution in [0.25, 0.3) is 0 Å². The Morgan fingerprint density at radius 3 is 1.05 bits per heavy atom. The van der Waals surface area contributed by atoms with Crippen LogP contribution in [0.15, 0.2) is 48.6 Å². The molecular weight excluding hydrogens is 1210 g/mol. The van der Waals surface area contributed by atoms with Crippen LogP contribution in [0.5, 0.6) is 0 Å². The molecule has 19 heteroatoms. The van der Waals surface area contributed by atoms with Crippen molar-refractivity contribution in [1.82, 2.24) is 5.32 Å². The van der Waals surface area contributed by atoms with Gasteiger partial charge >= 0.3 is 0 Å². The molecule has 0 saturated carbocycles. The summed E-state index contributed by atoms with van der Waals surface area (Å²) in [5.41, 5.74) is 0. The molecule has 95 heavy (non-hydrogen) atoms.